The zero-order chi connectivity index (χ0) is 24.2. The number of para-hydroxylation sites is 2. The summed E-state index contributed by atoms with van der Waals surface area (Å²) in [6, 6.07) is 17.8. The molecule has 1 aliphatic heterocycles. The first-order chi connectivity index (χ1) is 17.1. The summed E-state index contributed by atoms with van der Waals surface area (Å²) < 4.78 is 5.92. The Morgan fingerprint density at radius 3 is 2.46 bits per heavy atom. The number of aromatic nitrogens is 2. The van der Waals surface area contributed by atoms with Crippen LogP contribution in [0.4, 0.5) is 5.69 Å². The number of rotatable bonds is 6. The van der Waals surface area contributed by atoms with E-state index in [9.17, 15) is 9.59 Å². The molecule has 4 aromatic rings. The summed E-state index contributed by atoms with van der Waals surface area (Å²) in [5, 5.41) is 2.82. The van der Waals surface area contributed by atoms with Crippen LogP contribution >= 0.6 is 0 Å². The summed E-state index contributed by atoms with van der Waals surface area (Å²) in [7, 11) is 0. The van der Waals surface area contributed by atoms with E-state index in [4.69, 9.17) is 10.2 Å². The van der Waals surface area contributed by atoms with E-state index in [2.05, 4.69) is 15.3 Å². The van der Waals surface area contributed by atoms with Crippen molar-refractivity contribution in [3.8, 4) is 0 Å². The second kappa shape index (κ2) is 10.1. The Morgan fingerprint density at radius 2 is 1.74 bits per heavy atom. The fourth-order valence-electron chi connectivity index (χ4n) is 4.40. The maximum Gasteiger partial charge on any atom is 0.255 e. The van der Waals surface area contributed by atoms with E-state index in [0.29, 0.717) is 24.3 Å². The van der Waals surface area contributed by atoms with Gasteiger partial charge in [-0.1, -0.05) is 24.3 Å². The van der Waals surface area contributed by atoms with Crippen molar-refractivity contribution in [3.05, 3.63) is 90.1 Å². The third-order valence-electron chi connectivity index (χ3n) is 6.44. The smallest absolute Gasteiger partial charge is 0.255 e. The standard InChI is InChI=1S/C27H27N5O3/c28-22(18-5-7-19(8-6-18)26(34)30-21-9-13-29-14-10-21)17-25(33)32-15-11-20(12-16-32)27-31-23-3-1-2-4-24(23)35-27/h1-10,13-14,20,22H,11-12,15-17,28H2,(H,29,30,34). The van der Waals surface area contributed by atoms with Gasteiger partial charge in [0.1, 0.15) is 5.52 Å². The van der Waals surface area contributed by atoms with Crippen molar-refractivity contribution in [2.75, 3.05) is 18.4 Å². The zero-order valence-electron chi connectivity index (χ0n) is 19.3. The molecule has 8 heteroatoms. The largest absolute Gasteiger partial charge is 0.440 e. The van der Waals surface area contributed by atoms with Crippen molar-refractivity contribution in [2.24, 2.45) is 5.73 Å². The number of nitrogens with zero attached hydrogens (tertiary/aromatic N) is 3. The van der Waals surface area contributed by atoms with E-state index in [0.717, 1.165) is 35.4 Å². The minimum atomic E-state index is -0.436. The lowest BCUT2D eigenvalue weighted by Gasteiger charge is -2.31. The van der Waals surface area contributed by atoms with Crippen LogP contribution in [0.25, 0.3) is 11.1 Å². The highest BCUT2D eigenvalue weighted by molar-refractivity contribution is 6.04. The fraction of sp³-hybridized carbons (Fsp3) is 0.259. The molecule has 1 atom stereocenters. The number of nitrogens with one attached hydrogen (secondary N) is 1. The molecule has 0 saturated carbocycles. The molecule has 1 saturated heterocycles. The van der Waals surface area contributed by atoms with E-state index in [1.54, 1.807) is 48.8 Å². The summed E-state index contributed by atoms with van der Waals surface area (Å²) >= 11 is 0. The minimum Gasteiger partial charge on any atom is -0.440 e. The van der Waals surface area contributed by atoms with Gasteiger partial charge in [-0.25, -0.2) is 4.98 Å². The molecule has 0 radical (unpaired) electrons. The quantitative estimate of drug-likeness (QED) is 0.436. The van der Waals surface area contributed by atoms with Gasteiger partial charge >= 0.3 is 0 Å². The van der Waals surface area contributed by atoms with Crippen LogP contribution in [-0.4, -0.2) is 39.8 Å². The lowest BCUT2D eigenvalue weighted by molar-refractivity contribution is -0.132. The van der Waals surface area contributed by atoms with Gasteiger partial charge < -0.3 is 20.4 Å². The van der Waals surface area contributed by atoms with Crippen LogP contribution in [0.15, 0.2) is 77.5 Å². The normalized spacial score (nSPS) is 15.2. The highest BCUT2D eigenvalue weighted by Gasteiger charge is 2.28. The number of hydrogen-bond donors (Lipinski definition) is 2. The van der Waals surface area contributed by atoms with E-state index in [1.807, 2.05) is 29.2 Å². The Hall–Kier alpha value is -4.04. The van der Waals surface area contributed by atoms with Gasteiger partial charge in [-0.3, -0.25) is 14.6 Å². The van der Waals surface area contributed by atoms with Gasteiger partial charge in [-0.15, -0.1) is 0 Å². The van der Waals surface area contributed by atoms with Crippen molar-refractivity contribution >= 4 is 28.6 Å². The van der Waals surface area contributed by atoms with Crippen molar-refractivity contribution in [3.63, 3.8) is 0 Å². The molecular formula is C27H27N5O3. The highest BCUT2D eigenvalue weighted by atomic mass is 16.3. The number of pyridine rings is 1. The second-order valence-electron chi connectivity index (χ2n) is 8.80. The summed E-state index contributed by atoms with van der Waals surface area (Å²) in [6.45, 7) is 1.31. The summed E-state index contributed by atoms with van der Waals surface area (Å²) in [5.41, 5.74) is 10.0. The van der Waals surface area contributed by atoms with E-state index in [-0.39, 0.29) is 24.2 Å². The van der Waals surface area contributed by atoms with Crippen molar-refractivity contribution in [2.45, 2.75) is 31.2 Å². The molecule has 0 bridgehead atoms. The predicted molar refractivity (Wildman–Crippen MR) is 133 cm³/mol. The first-order valence-corrected chi connectivity index (χ1v) is 11.8. The Balaban J connectivity index is 1.13. The van der Waals surface area contributed by atoms with E-state index in [1.165, 1.54) is 0 Å². The lowest BCUT2D eigenvalue weighted by Crippen LogP contribution is -2.39. The van der Waals surface area contributed by atoms with Crippen LogP contribution in [0.1, 0.15) is 53.0 Å². The molecule has 0 spiro atoms. The number of benzene rings is 2. The predicted octanol–water partition coefficient (Wildman–Crippen LogP) is 4.27. The maximum atomic E-state index is 12.9. The Bertz CT molecular complexity index is 1280. The monoisotopic (exact) mass is 469 g/mol. The molecule has 1 fully saturated rings. The van der Waals surface area contributed by atoms with Crippen LogP contribution in [0.5, 0.6) is 0 Å². The third kappa shape index (κ3) is 5.22. The number of oxazole rings is 1. The molecule has 1 aliphatic rings. The van der Waals surface area contributed by atoms with Gasteiger partial charge in [0.2, 0.25) is 5.91 Å². The molecule has 8 nitrogen and oxygen atoms in total. The third-order valence-corrected chi connectivity index (χ3v) is 6.44. The molecule has 2 amide bonds. The Kier molecular flexibility index (Phi) is 6.54. The molecule has 3 N–H and O–H groups in total. The highest BCUT2D eigenvalue weighted by Crippen LogP contribution is 2.30. The van der Waals surface area contributed by atoms with Gasteiger partial charge in [0, 0.05) is 55.1 Å². The molecular weight excluding hydrogens is 442 g/mol. The number of piperidine rings is 1. The average Bonchev–Trinajstić information content (AvgIpc) is 3.34. The van der Waals surface area contributed by atoms with Gasteiger partial charge in [0.15, 0.2) is 11.5 Å². The van der Waals surface area contributed by atoms with Gasteiger partial charge in [0.05, 0.1) is 0 Å². The molecule has 0 aliphatic carbocycles. The maximum absolute atomic E-state index is 12.9. The topological polar surface area (TPSA) is 114 Å². The van der Waals surface area contributed by atoms with Gasteiger partial charge in [-0.05, 0) is 54.8 Å². The van der Waals surface area contributed by atoms with Crippen molar-refractivity contribution < 1.29 is 14.0 Å². The Morgan fingerprint density at radius 1 is 1.03 bits per heavy atom. The molecule has 2 aromatic heterocycles. The van der Waals surface area contributed by atoms with E-state index >= 15 is 0 Å². The molecule has 2 aromatic carbocycles. The molecule has 5 rings (SSSR count). The number of anilines is 1. The first kappa shape index (κ1) is 22.7. The van der Waals surface area contributed by atoms with Crippen LogP contribution in [0, 0.1) is 0 Å². The summed E-state index contributed by atoms with van der Waals surface area (Å²) in [5.74, 6) is 0.788. The number of nitrogens with two attached hydrogens (primary N) is 1. The fourth-order valence-corrected chi connectivity index (χ4v) is 4.40. The van der Waals surface area contributed by atoms with Crippen LogP contribution in [-0.2, 0) is 4.79 Å². The number of amides is 2. The lowest BCUT2D eigenvalue weighted by atomic mass is 9.95. The molecule has 178 valence electrons. The van der Waals surface area contributed by atoms with E-state index < -0.39 is 6.04 Å². The molecule has 1 unspecified atom stereocenters. The minimum absolute atomic E-state index is 0.0352. The van der Waals surface area contributed by atoms with Gasteiger partial charge in [0.25, 0.3) is 5.91 Å². The number of likely N-dealkylation sites (tertiary alicyclic amines) is 1. The summed E-state index contributed by atoms with van der Waals surface area (Å²) in [4.78, 5) is 35.7. The number of hydrogen-bond acceptors (Lipinski definition) is 6. The van der Waals surface area contributed by atoms with Crippen molar-refractivity contribution in [1.82, 2.24) is 14.9 Å². The van der Waals surface area contributed by atoms with Crippen LogP contribution in [0.3, 0.4) is 0 Å². The SMILES string of the molecule is NC(CC(=O)N1CCC(c2nc3ccccc3o2)CC1)c1ccc(C(=O)Nc2ccncc2)cc1. The molecule has 35 heavy (non-hydrogen) atoms. The van der Waals surface area contributed by atoms with Crippen molar-refractivity contribution in [1.29, 1.82) is 0 Å². The zero-order valence-corrected chi connectivity index (χ0v) is 19.3. The van der Waals surface area contributed by atoms with Crippen LogP contribution < -0.4 is 11.1 Å². The van der Waals surface area contributed by atoms with Gasteiger partial charge in [-0.2, -0.15) is 0 Å². The number of carbonyl (C=O) groups is 2. The average molecular weight is 470 g/mol. The Labute approximate surface area is 203 Å². The van der Waals surface area contributed by atoms with Crippen LogP contribution in [0.2, 0.25) is 0 Å². The first-order valence-electron chi connectivity index (χ1n) is 11.8. The molecule has 3 heterocycles. The second-order valence-corrected chi connectivity index (χ2v) is 8.80. The number of carbonyl (C=O) groups excluding carboxylic acids is 2. The number of fused-ring (bicyclic) bond motifs is 1. The summed E-state index contributed by atoms with van der Waals surface area (Å²) in [6.07, 6.45) is 5.08.